The van der Waals surface area contributed by atoms with Crippen LogP contribution in [0.1, 0.15) is 61.4 Å². The summed E-state index contributed by atoms with van der Waals surface area (Å²) in [5.41, 5.74) is 2.44. The van der Waals surface area contributed by atoms with Gasteiger partial charge < -0.3 is 10.6 Å². The maximum atomic E-state index is 13.0. The van der Waals surface area contributed by atoms with Crippen molar-refractivity contribution < 1.29 is 4.79 Å². The van der Waals surface area contributed by atoms with E-state index >= 15 is 0 Å². The predicted molar refractivity (Wildman–Crippen MR) is 117 cm³/mol. The molecule has 5 rings (SSSR count). The van der Waals surface area contributed by atoms with Crippen LogP contribution in [0.4, 0.5) is 5.69 Å². The van der Waals surface area contributed by atoms with E-state index in [1.807, 2.05) is 6.07 Å². The van der Waals surface area contributed by atoms with Crippen LogP contribution in [0.5, 0.6) is 0 Å². The normalized spacial score (nSPS) is 20.9. The minimum atomic E-state index is -0.0798. The molecular formula is C23H25N7O. The Bertz CT molecular complexity index is 1170. The Morgan fingerprint density at radius 2 is 1.84 bits per heavy atom. The van der Waals surface area contributed by atoms with E-state index in [1.54, 1.807) is 23.1 Å². The fourth-order valence-corrected chi connectivity index (χ4v) is 4.13. The van der Waals surface area contributed by atoms with Crippen LogP contribution in [0.2, 0.25) is 0 Å². The third kappa shape index (κ3) is 4.08. The summed E-state index contributed by atoms with van der Waals surface area (Å²) in [6.45, 7) is 2.27. The summed E-state index contributed by atoms with van der Waals surface area (Å²) >= 11 is 0. The second-order valence-electron chi connectivity index (χ2n) is 8.74. The molecule has 0 unspecified atom stereocenters. The molecule has 8 heteroatoms. The summed E-state index contributed by atoms with van der Waals surface area (Å²) in [5.74, 6) is 1.24. The highest BCUT2D eigenvalue weighted by Gasteiger charge is 2.26. The number of amides is 1. The van der Waals surface area contributed by atoms with Gasteiger partial charge in [0.1, 0.15) is 6.07 Å². The first kappa shape index (κ1) is 19.5. The predicted octanol–water partition coefficient (Wildman–Crippen LogP) is 3.57. The molecular weight excluding hydrogens is 390 g/mol. The van der Waals surface area contributed by atoms with Gasteiger partial charge >= 0.3 is 0 Å². The zero-order valence-corrected chi connectivity index (χ0v) is 17.5. The highest BCUT2D eigenvalue weighted by atomic mass is 16.1. The average molecular weight is 416 g/mol. The van der Waals surface area contributed by atoms with Crippen molar-refractivity contribution in [1.29, 1.82) is 5.26 Å². The van der Waals surface area contributed by atoms with Crippen molar-refractivity contribution in [2.45, 2.75) is 57.5 Å². The van der Waals surface area contributed by atoms with Gasteiger partial charge in [-0.25, -0.2) is 9.97 Å². The summed E-state index contributed by atoms with van der Waals surface area (Å²) in [7, 11) is 0. The van der Waals surface area contributed by atoms with E-state index in [0.717, 1.165) is 55.5 Å². The smallest absolute Gasteiger partial charge is 0.255 e. The Kier molecular flexibility index (Phi) is 5.02. The van der Waals surface area contributed by atoms with E-state index in [4.69, 9.17) is 5.26 Å². The lowest BCUT2D eigenvalue weighted by atomic mass is 9.87. The van der Waals surface area contributed by atoms with E-state index in [9.17, 15) is 4.79 Å². The number of nitriles is 1. The minimum Gasteiger partial charge on any atom is -0.382 e. The Hall–Kier alpha value is -3.47. The molecule has 8 nitrogen and oxygen atoms in total. The first-order valence-electron chi connectivity index (χ1n) is 10.9. The van der Waals surface area contributed by atoms with Gasteiger partial charge in [-0.2, -0.15) is 15.0 Å². The van der Waals surface area contributed by atoms with Crippen LogP contribution in [0, 0.1) is 17.2 Å². The fourth-order valence-electron chi connectivity index (χ4n) is 4.13. The Labute approximate surface area is 180 Å². The van der Waals surface area contributed by atoms with Crippen molar-refractivity contribution >= 4 is 22.6 Å². The van der Waals surface area contributed by atoms with Crippen LogP contribution >= 0.6 is 0 Å². The van der Waals surface area contributed by atoms with Gasteiger partial charge in [-0.1, -0.05) is 6.92 Å². The molecule has 0 bridgehead atoms. The molecule has 0 radical (unpaired) electrons. The lowest BCUT2D eigenvalue weighted by Gasteiger charge is -2.27. The number of nitrogens with zero attached hydrogens (tertiary/aromatic N) is 5. The maximum Gasteiger partial charge on any atom is 0.255 e. The SMILES string of the molecule is C[C@H]1CC[C@H](NC(=O)c2cnc(-n3ncc4cc(C#N)cnc43)cc2NC2CC2)CC1. The van der Waals surface area contributed by atoms with Crippen LogP contribution < -0.4 is 10.6 Å². The highest BCUT2D eigenvalue weighted by molar-refractivity contribution is 6.00. The number of fused-ring (bicyclic) bond motifs is 1. The van der Waals surface area contributed by atoms with Crippen molar-refractivity contribution in [3.05, 3.63) is 41.9 Å². The Morgan fingerprint density at radius 3 is 2.58 bits per heavy atom. The number of hydrogen-bond donors (Lipinski definition) is 2. The van der Waals surface area contributed by atoms with Gasteiger partial charge in [0.2, 0.25) is 0 Å². The molecule has 3 aromatic rings. The molecule has 2 N–H and O–H groups in total. The average Bonchev–Trinajstić information content (AvgIpc) is 3.50. The van der Waals surface area contributed by atoms with Crippen molar-refractivity contribution in [1.82, 2.24) is 25.1 Å². The zero-order valence-electron chi connectivity index (χ0n) is 17.5. The number of anilines is 1. The third-order valence-electron chi connectivity index (χ3n) is 6.18. The fraction of sp³-hybridized carbons (Fsp3) is 0.435. The summed E-state index contributed by atoms with van der Waals surface area (Å²) in [4.78, 5) is 21.9. The van der Waals surface area contributed by atoms with Crippen LogP contribution in [-0.2, 0) is 0 Å². The second kappa shape index (κ2) is 7.99. The quantitative estimate of drug-likeness (QED) is 0.659. The monoisotopic (exact) mass is 415 g/mol. The molecule has 0 spiro atoms. The van der Waals surface area contributed by atoms with Gasteiger partial charge in [-0.15, -0.1) is 0 Å². The lowest BCUT2D eigenvalue weighted by molar-refractivity contribution is 0.0923. The minimum absolute atomic E-state index is 0.0798. The highest BCUT2D eigenvalue weighted by Crippen LogP contribution is 2.29. The van der Waals surface area contributed by atoms with Gasteiger partial charge in [0, 0.05) is 35.9 Å². The number of rotatable bonds is 5. The third-order valence-corrected chi connectivity index (χ3v) is 6.18. The van der Waals surface area contributed by atoms with Crippen molar-refractivity contribution in [3.63, 3.8) is 0 Å². The second-order valence-corrected chi connectivity index (χ2v) is 8.74. The molecule has 3 aromatic heterocycles. The van der Waals surface area contributed by atoms with E-state index in [-0.39, 0.29) is 11.9 Å². The summed E-state index contributed by atoms with van der Waals surface area (Å²) in [6.07, 6.45) is 11.4. The van der Waals surface area contributed by atoms with Crippen LogP contribution in [-0.4, -0.2) is 37.7 Å². The number of nitrogens with one attached hydrogen (secondary N) is 2. The first-order chi connectivity index (χ1) is 15.1. The largest absolute Gasteiger partial charge is 0.382 e. The zero-order chi connectivity index (χ0) is 21.4. The number of carbonyl (C=O) groups excluding carboxylic acids is 1. The molecule has 31 heavy (non-hydrogen) atoms. The number of aromatic nitrogens is 4. The molecule has 3 heterocycles. The van der Waals surface area contributed by atoms with Crippen molar-refractivity contribution in [3.8, 4) is 11.9 Å². The molecule has 2 aliphatic rings. The number of pyridine rings is 2. The van der Waals surface area contributed by atoms with E-state index in [1.165, 1.54) is 6.20 Å². The summed E-state index contributed by atoms with van der Waals surface area (Å²) in [5, 5.41) is 20.9. The van der Waals surface area contributed by atoms with Crippen LogP contribution in [0.15, 0.2) is 30.7 Å². The van der Waals surface area contributed by atoms with Gasteiger partial charge in [0.25, 0.3) is 5.91 Å². The van der Waals surface area contributed by atoms with Gasteiger partial charge in [-0.3, -0.25) is 4.79 Å². The lowest BCUT2D eigenvalue weighted by Crippen LogP contribution is -2.37. The summed E-state index contributed by atoms with van der Waals surface area (Å²) < 4.78 is 1.64. The van der Waals surface area contributed by atoms with Gasteiger partial charge in [-0.05, 0) is 50.5 Å². The maximum absolute atomic E-state index is 13.0. The topological polar surface area (TPSA) is 109 Å². The molecule has 2 aliphatic carbocycles. The van der Waals surface area contributed by atoms with Crippen LogP contribution in [0.3, 0.4) is 0 Å². The molecule has 0 aromatic carbocycles. The van der Waals surface area contributed by atoms with E-state index < -0.39 is 0 Å². The molecule has 1 amide bonds. The van der Waals surface area contributed by atoms with Gasteiger partial charge in [0.15, 0.2) is 11.5 Å². The van der Waals surface area contributed by atoms with E-state index in [2.05, 4.69) is 38.7 Å². The van der Waals surface area contributed by atoms with Crippen molar-refractivity contribution in [2.24, 2.45) is 5.92 Å². The molecule has 0 saturated heterocycles. The number of hydrogen-bond acceptors (Lipinski definition) is 6. The molecule has 158 valence electrons. The molecule has 2 fully saturated rings. The summed E-state index contributed by atoms with van der Waals surface area (Å²) in [6, 6.07) is 6.33. The Morgan fingerprint density at radius 1 is 1.06 bits per heavy atom. The molecule has 0 aliphatic heterocycles. The molecule has 2 saturated carbocycles. The number of carbonyl (C=O) groups is 1. The van der Waals surface area contributed by atoms with E-state index in [0.29, 0.717) is 28.6 Å². The van der Waals surface area contributed by atoms with Crippen LogP contribution in [0.25, 0.3) is 16.9 Å². The standard InChI is InChI=1S/C23H25N7O/c1-14-2-4-18(5-3-14)29-23(31)19-13-25-21(9-20(19)28-17-6-7-17)30-22-16(12-27-30)8-15(10-24)11-26-22/h8-9,11-14,17-18H,2-7H2,1H3,(H,25,28)(H,29,31)/t14-,18-. The van der Waals surface area contributed by atoms with Crippen molar-refractivity contribution in [2.75, 3.05) is 5.32 Å². The Balaban J connectivity index is 1.44. The molecule has 0 atom stereocenters. The van der Waals surface area contributed by atoms with Gasteiger partial charge in [0.05, 0.1) is 23.0 Å². The first-order valence-corrected chi connectivity index (χ1v) is 10.9.